The third kappa shape index (κ3) is 6.68. The first kappa shape index (κ1) is 21.0. The van der Waals surface area contributed by atoms with E-state index in [2.05, 4.69) is 34.5 Å². The highest BCUT2D eigenvalue weighted by Gasteiger charge is 2.11. The van der Waals surface area contributed by atoms with Crippen molar-refractivity contribution in [2.75, 3.05) is 44.4 Å². The van der Waals surface area contributed by atoms with Gasteiger partial charge in [0.25, 0.3) is 0 Å². The van der Waals surface area contributed by atoms with Crippen LogP contribution >= 0.6 is 0 Å². The Bertz CT molecular complexity index is 758. The first-order chi connectivity index (χ1) is 14.3. The molecule has 6 nitrogen and oxygen atoms in total. The van der Waals surface area contributed by atoms with Crippen molar-refractivity contribution >= 4 is 11.6 Å². The summed E-state index contributed by atoms with van der Waals surface area (Å²) in [4.78, 5) is 14.4. The number of para-hydroxylation sites is 2. The topological polar surface area (TPSA) is 60.0 Å². The summed E-state index contributed by atoms with van der Waals surface area (Å²) >= 11 is 0. The van der Waals surface area contributed by atoms with Crippen LogP contribution in [0.4, 0.5) is 5.69 Å². The summed E-state index contributed by atoms with van der Waals surface area (Å²) in [6.07, 6.45) is 1.09. The average molecular weight is 399 g/mol. The molecule has 0 aliphatic carbocycles. The summed E-state index contributed by atoms with van der Waals surface area (Å²) in [6, 6.07) is 15.9. The van der Waals surface area contributed by atoms with Gasteiger partial charge in [0.15, 0.2) is 11.5 Å². The molecule has 156 valence electrons. The lowest BCUT2D eigenvalue weighted by molar-refractivity contribution is -0.121. The molecule has 0 aromatic heterocycles. The molecule has 1 amide bonds. The van der Waals surface area contributed by atoms with Crippen LogP contribution in [0.1, 0.15) is 25.3 Å². The zero-order valence-electron chi connectivity index (χ0n) is 17.1. The average Bonchev–Trinajstić information content (AvgIpc) is 2.77. The molecule has 0 saturated carbocycles. The molecule has 1 saturated heterocycles. The second-order valence-electron chi connectivity index (χ2n) is 6.87. The van der Waals surface area contributed by atoms with Gasteiger partial charge in [0.2, 0.25) is 5.91 Å². The van der Waals surface area contributed by atoms with Crippen molar-refractivity contribution in [3.05, 3.63) is 54.1 Å². The van der Waals surface area contributed by atoms with Gasteiger partial charge in [-0.05, 0) is 43.2 Å². The monoisotopic (exact) mass is 398 g/mol. The van der Waals surface area contributed by atoms with Crippen molar-refractivity contribution in [1.82, 2.24) is 5.32 Å². The van der Waals surface area contributed by atoms with Gasteiger partial charge in [0, 0.05) is 31.7 Å². The molecule has 29 heavy (non-hydrogen) atoms. The van der Waals surface area contributed by atoms with E-state index in [9.17, 15) is 4.79 Å². The van der Waals surface area contributed by atoms with Crippen molar-refractivity contribution in [1.29, 1.82) is 0 Å². The molecule has 3 rings (SSSR count). The number of morpholine rings is 1. The Morgan fingerprint density at radius 1 is 1.03 bits per heavy atom. The fourth-order valence-corrected chi connectivity index (χ4v) is 3.19. The molecule has 0 spiro atoms. The number of amides is 1. The van der Waals surface area contributed by atoms with Crippen LogP contribution in [0.25, 0.3) is 0 Å². The zero-order valence-corrected chi connectivity index (χ0v) is 17.1. The van der Waals surface area contributed by atoms with Crippen molar-refractivity contribution in [2.45, 2.75) is 26.3 Å². The third-order valence-corrected chi connectivity index (χ3v) is 4.76. The highest BCUT2D eigenvalue weighted by molar-refractivity contribution is 5.75. The van der Waals surface area contributed by atoms with Gasteiger partial charge in [-0.2, -0.15) is 0 Å². The second-order valence-corrected chi connectivity index (χ2v) is 6.87. The number of nitrogens with zero attached hydrogens (tertiary/aromatic N) is 1. The first-order valence-corrected chi connectivity index (χ1v) is 10.3. The van der Waals surface area contributed by atoms with Gasteiger partial charge < -0.3 is 24.4 Å². The molecule has 6 heteroatoms. The predicted octanol–water partition coefficient (Wildman–Crippen LogP) is 3.40. The van der Waals surface area contributed by atoms with Crippen LogP contribution in [0.15, 0.2) is 48.5 Å². The highest BCUT2D eigenvalue weighted by Crippen LogP contribution is 2.26. The zero-order chi connectivity index (χ0) is 20.3. The Hall–Kier alpha value is -2.73. The van der Waals surface area contributed by atoms with E-state index >= 15 is 0 Å². The van der Waals surface area contributed by atoms with Gasteiger partial charge in [-0.3, -0.25) is 4.79 Å². The molecule has 2 aromatic carbocycles. The van der Waals surface area contributed by atoms with Gasteiger partial charge in [0.1, 0.15) is 0 Å². The minimum Gasteiger partial charge on any atom is -0.490 e. The lowest BCUT2D eigenvalue weighted by Gasteiger charge is -2.28. The Balaban J connectivity index is 1.35. The number of rotatable bonds is 10. The SMILES string of the molecule is CCOc1ccccc1OCCCC(=O)NCc1ccc(N2CCOCC2)cc1. The molecule has 1 fully saturated rings. The smallest absolute Gasteiger partial charge is 0.220 e. The standard InChI is InChI=1S/C23H30N2O4/c1-2-28-21-6-3-4-7-22(21)29-15-5-8-23(26)24-18-19-9-11-20(12-10-19)25-13-16-27-17-14-25/h3-4,6-7,9-12H,2,5,8,13-18H2,1H3,(H,24,26). The number of benzene rings is 2. The molecule has 1 N–H and O–H groups in total. The quantitative estimate of drug-likeness (QED) is 0.622. The lowest BCUT2D eigenvalue weighted by Crippen LogP contribution is -2.36. The maximum atomic E-state index is 12.1. The van der Waals surface area contributed by atoms with E-state index in [4.69, 9.17) is 14.2 Å². The van der Waals surface area contributed by atoms with Gasteiger partial charge >= 0.3 is 0 Å². The summed E-state index contributed by atoms with van der Waals surface area (Å²) in [5.74, 6) is 1.49. The molecular weight excluding hydrogens is 368 g/mol. The van der Waals surface area contributed by atoms with Gasteiger partial charge in [-0.15, -0.1) is 0 Å². The molecular formula is C23H30N2O4. The van der Waals surface area contributed by atoms with Crippen molar-refractivity contribution in [2.24, 2.45) is 0 Å². The maximum Gasteiger partial charge on any atom is 0.220 e. The highest BCUT2D eigenvalue weighted by atomic mass is 16.5. The molecule has 1 heterocycles. The minimum atomic E-state index is 0.0314. The summed E-state index contributed by atoms with van der Waals surface area (Å²) in [5, 5.41) is 2.98. The van der Waals surface area contributed by atoms with Crippen molar-refractivity contribution < 1.29 is 19.0 Å². The molecule has 0 unspecified atom stereocenters. The Kier molecular flexibility index (Phi) is 8.19. The molecule has 1 aliphatic rings. The van der Waals surface area contributed by atoms with Crippen LogP contribution in [-0.2, 0) is 16.1 Å². The van der Waals surface area contributed by atoms with E-state index in [0.29, 0.717) is 32.6 Å². The lowest BCUT2D eigenvalue weighted by atomic mass is 10.2. The van der Waals surface area contributed by atoms with Crippen molar-refractivity contribution in [3.8, 4) is 11.5 Å². The van der Waals surface area contributed by atoms with E-state index in [-0.39, 0.29) is 5.91 Å². The first-order valence-electron chi connectivity index (χ1n) is 10.3. The van der Waals surface area contributed by atoms with E-state index in [1.54, 1.807) is 0 Å². The fraction of sp³-hybridized carbons (Fsp3) is 0.435. The number of carbonyl (C=O) groups is 1. The van der Waals surface area contributed by atoms with Crippen LogP contribution in [0.3, 0.4) is 0 Å². The number of hydrogen-bond acceptors (Lipinski definition) is 5. The number of carbonyl (C=O) groups excluding carboxylic acids is 1. The van der Waals surface area contributed by atoms with E-state index in [1.165, 1.54) is 5.69 Å². The van der Waals surface area contributed by atoms with Crippen LogP contribution in [0.5, 0.6) is 11.5 Å². The summed E-state index contributed by atoms with van der Waals surface area (Å²) in [5.41, 5.74) is 2.30. The largest absolute Gasteiger partial charge is 0.490 e. The molecule has 0 bridgehead atoms. The minimum absolute atomic E-state index is 0.0314. The predicted molar refractivity (Wildman–Crippen MR) is 114 cm³/mol. The van der Waals surface area contributed by atoms with E-state index in [0.717, 1.165) is 43.4 Å². The van der Waals surface area contributed by atoms with E-state index < -0.39 is 0 Å². The molecule has 1 aliphatic heterocycles. The summed E-state index contributed by atoms with van der Waals surface area (Å²) in [6.45, 7) is 6.95. The molecule has 0 radical (unpaired) electrons. The Labute approximate surface area is 172 Å². The number of hydrogen-bond donors (Lipinski definition) is 1. The van der Waals surface area contributed by atoms with Crippen LogP contribution in [0, 0.1) is 0 Å². The molecule has 0 atom stereocenters. The molecule has 2 aromatic rings. The van der Waals surface area contributed by atoms with Crippen molar-refractivity contribution in [3.63, 3.8) is 0 Å². The third-order valence-electron chi connectivity index (χ3n) is 4.76. The van der Waals surface area contributed by atoms with E-state index in [1.807, 2.05) is 31.2 Å². The number of nitrogens with one attached hydrogen (secondary N) is 1. The van der Waals surface area contributed by atoms with Gasteiger partial charge in [0.05, 0.1) is 26.4 Å². The fourth-order valence-electron chi connectivity index (χ4n) is 3.19. The van der Waals surface area contributed by atoms with Crippen LogP contribution in [-0.4, -0.2) is 45.4 Å². The van der Waals surface area contributed by atoms with Crippen LogP contribution in [0.2, 0.25) is 0 Å². The Morgan fingerprint density at radius 2 is 1.72 bits per heavy atom. The Morgan fingerprint density at radius 3 is 2.41 bits per heavy atom. The number of anilines is 1. The number of ether oxygens (including phenoxy) is 3. The van der Waals surface area contributed by atoms with Gasteiger partial charge in [-0.1, -0.05) is 24.3 Å². The van der Waals surface area contributed by atoms with Gasteiger partial charge in [-0.25, -0.2) is 0 Å². The summed E-state index contributed by atoms with van der Waals surface area (Å²) < 4.78 is 16.7. The normalized spacial score (nSPS) is 13.8. The second kappa shape index (κ2) is 11.3. The van der Waals surface area contributed by atoms with Crippen LogP contribution < -0.4 is 19.7 Å². The maximum absolute atomic E-state index is 12.1. The summed E-state index contributed by atoms with van der Waals surface area (Å²) in [7, 11) is 0.